The molecule has 1 fully saturated rings. The first-order valence-corrected chi connectivity index (χ1v) is 7.45. The minimum Gasteiger partial charge on any atom is -0.385 e. The lowest BCUT2D eigenvalue weighted by molar-refractivity contribution is 0.0391. The van der Waals surface area contributed by atoms with Gasteiger partial charge in [-0.1, -0.05) is 18.2 Å². The minimum atomic E-state index is 0.483. The Morgan fingerprint density at radius 1 is 1.21 bits per heavy atom. The van der Waals surface area contributed by atoms with E-state index in [1.807, 2.05) is 7.11 Å². The average molecular weight is 260 g/mol. The number of para-hydroxylation sites is 1. The maximum Gasteiger partial charge on any atom is 0.0595 e. The van der Waals surface area contributed by atoms with Gasteiger partial charge in [-0.15, -0.1) is 0 Å². The van der Waals surface area contributed by atoms with Crippen molar-refractivity contribution in [2.75, 3.05) is 38.6 Å². The highest BCUT2D eigenvalue weighted by Gasteiger charge is 2.25. The molecule has 19 heavy (non-hydrogen) atoms. The molecule has 2 aliphatic heterocycles. The van der Waals surface area contributed by atoms with Gasteiger partial charge >= 0.3 is 0 Å². The van der Waals surface area contributed by atoms with Crippen LogP contribution in [0.25, 0.3) is 0 Å². The number of hydrogen-bond donors (Lipinski definition) is 1. The van der Waals surface area contributed by atoms with E-state index in [1.54, 1.807) is 0 Å². The topological polar surface area (TPSA) is 24.5 Å². The van der Waals surface area contributed by atoms with E-state index in [9.17, 15) is 0 Å². The van der Waals surface area contributed by atoms with E-state index in [0.717, 1.165) is 6.54 Å². The molecule has 0 aromatic heterocycles. The van der Waals surface area contributed by atoms with Crippen molar-refractivity contribution in [3.63, 3.8) is 0 Å². The Balaban J connectivity index is 1.62. The van der Waals surface area contributed by atoms with Crippen LogP contribution in [0.15, 0.2) is 24.3 Å². The molecule has 0 radical (unpaired) electrons. The molecule has 1 atom stereocenters. The monoisotopic (exact) mass is 260 g/mol. The van der Waals surface area contributed by atoms with E-state index in [4.69, 9.17) is 4.74 Å². The lowest BCUT2D eigenvalue weighted by Gasteiger charge is -2.35. The zero-order valence-corrected chi connectivity index (χ0v) is 11.8. The van der Waals surface area contributed by atoms with Crippen LogP contribution in [0.1, 0.15) is 30.7 Å². The van der Waals surface area contributed by atoms with Crippen molar-refractivity contribution in [2.45, 2.75) is 31.3 Å². The summed E-state index contributed by atoms with van der Waals surface area (Å²) in [5, 5.41) is 3.51. The number of anilines is 1. The van der Waals surface area contributed by atoms with E-state index < -0.39 is 0 Å². The normalized spacial score (nSPS) is 24.8. The summed E-state index contributed by atoms with van der Waals surface area (Å²) in [6.45, 7) is 4.68. The number of methoxy groups -OCH3 is 1. The van der Waals surface area contributed by atoms with Crippen LogP contribution in [-0.2, 0) is 4.74 Å². The molecular formula is C16H24N2O. The predicted octanol–water partition coefficient (Wildman–Crippen LogP) is 2.70. The lowest BCUT2D eigenvalue weighted by Crippen LogP contribution is -2.39. The number of fused-ring (bicyclic) bond motifs is 1. The van der Waals surface area contributed by atoms with Crippen molar-refractivity contribution < 1.29 is 4.74 Å². The summed E-state index contributed by atoms with van der Waals surface area (Å²) in [5.74, 6) is 0.691. The third-order valence-corrected chi connectivity index (χ3v) is 4.56. The van der Waals surface area contributed by atoms with Crippen LogP contribution in [-0.4, -0.2) is 44.3 Å². The molecule has 1 saturated heterocycles. The van der Waals surface area contributed by atoms with Crippen LogP contribution in [0, 0.1) is 0 Å². The Hall–Kier alpha value is -1.06. The third kappa shape index (κ3) is 2.93. The second-order valence-electron chi connectivity index (χ2n) is 5.74. The number of benzene rings is 1. The minimum absolute atomic E-state index is 0.483. The maximum absolute atomic E-state index is 5.45. The highest BCUT2D eigenvalue weighted by atomic mass is 16.5. The van der Waals surface area contributed by atoms with E-state index in [0.29, 0.717) is 12.0 Å². The van der Waals surface area contributed by atoms with Crippen LogP contribution in [0.2, 0.25) is 0 Å². The Bertz CT molecular complexity index is 413. The molecule has 1 unspecified atom stereocenters. The molecule has 3 heteroatoms. The molecule has 1 N–H and O–H groups in total. The predicted molar refractivity (Wildman–Crippen MR) is 78.8 cm³/mol. The smallest absolute Gasteiger partial charge is 0.0595 e. The van der Waals surface area contributed by atoms with Gasteiger partial charge in [0.25, 0.3) is 0 Å². The summed E-state index contributed by atoms with van der Waals surface area (Å²) in [5.41, 5.74) is 2.84. The summed E-state index contributed by atoms with van der Waals surface area (Å²) < 4.78 is 5.45. The molecule has 0 aliphatic carbocycles. The number of nitrogens with zero attached hydrogens (tertiary/aromatic N) is 1. The lowest BCUT2D eigenvalue weighted by atomic mass is 9.90. The maximum atomic E-state index is 5.45. The number of rotatable bonds is 3. The number of likely N-dealkylation sites (tertiary alicyclic amines) is 1. The number of piperidine rings is 1. The van der Waals surface area contributed by atoms with Crippen molar-refractivity contribution in [1.29, 1.82) is 0 Å². The molecule has 3 nitrogen and oxygen atoms in total. The molecular weight excluding hydrogens is 236 g/mol. The van der Waals surface area contributed by atoms with Gasteiger partial charge in [-0.3, -0.25) is 0 Å². The summed E-state index contributed by atoms with van der Waals surface area (Å²) >= 11 is 0. The summed E-state index contributed by atoms with van der Waals surface area (Å²) in [4.78, 5) is 2.61. The van der Waals surface area contributed by atoms with Crippen LogP contribution in [0.3, 0.4) is 0 Å². The van der Waals surface area contributed by atoms with Gasteiger partial charge in [0.1, 0.15) is 0 Å². The second-order valence-corrected chi connectivity index (χ2v) is 5.74. The number of ether oxygens (including phenoxy) is 1. The molecule has 2 aliphatic rings. The molecule has 1 aromatic rings. The van der Waals surface area contributed by atoms with Crippen LogP contribution in [0.4, 0.5) is 5.69 Å². The number of nitrogens with one attached hydrogen (secondary N) is 1. The number of hydrogen-bond acceptors (Lipinski definition) is 3. The van der Waals surface area contributed by atoms with Crippen LogP contribution >= 0.6 is 0 Å². The summed E-state index contributed by atoms with van der Waals surface area (Å²) in [7, 11) is 1.84. The molecule has 2 heterocycles. The highest BCUT2D eigenvalue weighted by molar-refractivity contribution is 5.54. The fourth-order valence-electron chi connectivity index (χ4n) is 3.38. The zero-order chi connectivity index (χ0) is 13.1. The van der Waals surface area contributed by atoms with Crippen LogP contribution in [0.5, 0.6) is 0 Å². The molecule has 0 amide bonds. The Labute approximate surface area is 115 Å². The van der Waals surface area contributed by atoms with E-state index in [2.05, 4.69) is 34.5 Å². The van der Waals surface area contributed by atoms with Gasteiger partial charge in [0.05, 0.1) is 6.10 Å². The first kappa shape index (κ1) is 12.9. The molecule has 0 saturated carbocycles. The molecule has 1 aromatic carbocycles. The van der Waals surface area contributed by atoms with Gasteiger partial charge in [-0.05, 0) is 30.9 Å². The van der Waals surface area contributed by atoms with Crippen molar-refractivity contribution in [3.05, 3.63) is 29.8 Å². The Morgan fingerprint density at radius 2 is 2.00 bits per heavy atom. The van der Waals surface area contributed by atoms with Gasteiger partial charge in [0.2, 0.25) is 0 Å². The highest BCUT2D eigenvalue weighted by Crippen LogP contribution is 2.32. The van der Waals surface area contributed by atoms with Gasteiger partial charge in [-0.25, -0.2) is 0 Å². The molecule has 0 bridgehead atoms. The second kappa shape index (κ2) is 5.93. The summed E-state index contributed by atoms with van der Waals surface area (Å²) in [6.07, 6.45) is 4.10. The van der Waals surface area contributed by atoms with Crippen molar-refractivity contribution in [3.8, 4) is 0 Å². The van der Waals surface area contributed by atoms with Gasteiger partial charge in [-0.2, -0.15) is 0 Å². The molecule has 104 valence electrons. The van der Waals surface area contributed by atoms with E-state index >= 15 is 0 Å². The van der Waals surface area contributed by atoms with E-state index in [-0.39, 0.29) is 0 Å². The van der Waals surface area contributed by atoms with Crippen molar-refractivity contribution in [1.82, 2.24) is 4.90 Å². The van der Waals surface area contributed by atoms with Crippen molar-refractivity contribution >= 4 is 5.69 Å². The fraction of sp³-hybridized carbons (Fsp3) is 0.625. The van der Waals surface area contributed by atoms with Gasteiger partial charge in [0.15, 0.2) is 0 Å². The third-order valence-electron chi connectivity index (χ3n) is 4.56. The quantitative estimate of drug-likeness (QED) is 0.904. The Kier molecular flexibility index (Phi) is 4.04. The van der Waals surface area contributed by atoms with Gasteiger partial charge < -0.3 is 15.0 Å². The molecule has 0 spiro atoms. The first-order valence-electron chi connectivity index (χ1n) is 7.45. The molecule has 3 rings (SSSR count). The zero-order valence-electron chi connectivity index (χ0n) is 11.8. The fourth-order valence-corrected chi connectivity index (χ4v) is 3.38. The Morgan fingerprint density at radius 3 is 2.79 bits per heavy atom. The summed E-state index contributed by atoms with van der Waals surface area (Å²) in [6, 6.07) is 8.78. The average Bonchev–Trinajstić information content (AvgIpc) is 2.48. The largest absolute Gasteiger partial charge is 0.385 e. The SMILES string of the molecule is COC1CCN(CC2CCNc3ccccc32)CC1. The first-order chi connectivity index (χ1) is 9.36. The standard InChI is InChI=1S/C16H24N2O/c1-19-14-7-10-18(11-8-14)12-13-6-9-17-16-5-3-2-4-15(13)16/h2-5,13-14,17H,6-12H2,1H3. The van der Waals surface area contributed by atoms with E-state index in [1.165, 1.54) is 50.1 Å². The van der Waals surface area contributed by atoms with Crippen LogP contribution < -0.4 is 5.32 Å². The van der Waals surface area contributed by atoms with Gasteiger partial charge in [0, 0.05) is 44.9 Å². The van der Waals surface area contributed by atoms with Crippen molar-refractivity contribution in [2.24, 2.45) is 0 Å².